The third-order valence-electron chi connectivity index (χ3n) is 6.68. The molecule has 0 spiro atoms. The molecule has 7 nitrogen and oxygen atoms in total. The van der Waals surface area contributed by atoms with Crippen LogP contribution in [0.3, 0.4) is 0 Å². The summed E-state index contributed by atoms with van der Waals surface area (Å²) in [6.45, 7) is 3.63. The number of aliphatic carboxylic acids is 1. The Labute approximate surface area is 209 Å². The van der Waals surface area contributed by atoms with Crippen LogP contribution >= 0.6 is 15.9 Å². The van der Waals surface area contributed by atoms with Gasteiger partial charge in [0.2, 0.25) is 5.91 Å². The van der Waals surface area contributed by atoms with Crippen LogP contribution in [0.2, 0.25) is 0 Å². The van der Waals surface area contributed by atoms with Crippen molar-refractivity contribution in [3.8, 4) is 0 Å². The number of pyridine rings is 1. The van der Waals surface area contributed by atoms with E-state index in [1.54, 1.807) is 0 Å². The van der Waals surface area contributed by atoms with Crippen molar-refractivity contribution in [3.63, 3.8) is 0 Å². The van der Waals surface area contributed by atoms with Gasteiger partial charge >= 0.3 is 5.97 Å². The molecule has 34 heavy (non-hydrogen) atoms. The van der Waals surface area contributed by atoms with Gasteiger partial charge < -0.3 is 20.6 Å². The third kappa shape index (κ3) is 6.79. The van der Waals surface area contributed by atoms with Gasteiger partial charge in [-0.2, -0.15) is 0 Å². The number of hydrogen-bond acceptors (Lipinski definition) is 5. The fraction of sp³-hybridized carbons (Fsp3) is 0.500. The highest BCUT2D eigenvalue weighted by Crippen LogP contribution is 2.24. The SMILES string of the molecule is O=C(O)C[C@H](NC(=O)[C@@H]1CCCN(CCCc2ccc3c(n2)NCCC3)C1)c1cccc(Br)c1. The summed E-state index contributed by atoms with van der Waals surface area (Å²) < 4.78 is 0.864. The largest absolute Gasteiger partial charge is 0.481 e. The summed E-state index contributed by atoms with van der Waals surface area (Å²) in [4.78, 5) is 31.6. The Morgan fingerprint density at radius 2 is 2.15 bits per heavy atom. The lowest BCUT2D eigenvalue weighted by Gasteiger charge is -2.33. The smallest absolute Gasteiger partial charge is 0.305 e. The van der Waals surface area contributed by atoms with Crippen LogP contribution in [0.5, 0.6) is 0 Å². The van der Waals surface area contributed by atoms with Crippen LogP contribution in [0.1, 0.15) is 55.0 Å². The summed E-state index contributed by atoms with van der Waals surface area (Å²) in [7, 11) is 0. The van der Waals surface area contributed by atoms with Crippen LogP contribution in [-0.2, 0) is 22.4 Å². The molecule has 8 heteroatoms. The summed E-state index contributed by atoms with van der Waals surface area (Å²) in [5.41, 5.74) is 3.22. The van der Waals surface area contributed by atoms with Crippen LogP contribution in [0.4, 0.5) is 5.82 Å². The molecule has 0 unspecified atom stereocenters. The summed E-state index contributed by atoms with van der Waals surface area (Å²) in [6, 6.07) is 11.3. The molecule has 3 N–H and O–H groups in total. The number of rotatable bonds is 9. The number of nitrogens with one attached hydrogen (secondary N) is 2. The fourth-order valence-electron chi connectivity index (χ4n) is 4.90. The van der Waals surface area contributed by atoms with E-state index in [2.05, 4.69) is 43.6 Å². The quantitative estimate of drug-likeness (QED) is 0.451. The highest BCUT2D eigenvalue weighted by molar-refractivity contribution is 9.10. The van der Waals surface area contributed by atoms with Gasteiger partial charge in [0.05, 0.1) is 18.4 Å². The lowest BCUT2D eigenvalue weighted by atomic mass is 9.95. The van der Waals surface area contributed by atoms with Crippen molar-refractivity contribution in [2.45, 2.75) is 51.0 Å². The van der Waals surface area contributed by atoms with Gasteiger partial charge in [0.1, 0.15) is 5.82 Å². The van der Waals surface area contributed by atoms with Gasteiger partial charge in [0.15, 0.2) is 0 Å². The average Bonchev–Trinajstić information content (AvgIpc) is 2.83. The van der Waals surface area contributed by atoms with Crippen LogP contribution in [0, 0.1) is 5.92 Å². The Morgan fingerprint density at radius 3 is 2.97 bits per heavy atom. The highest BCUT2D eigenvalue weighted by atomic mass is 79.9. The van der Waals surface area contributed by atoms with Crippen molar-refractivity contribution in [1.82, 2.24) is 15.2 Å². The number of halogens is 1. The van der Waals surface area contributed by atoms with E-state index in [0.717, 1.165) is 79.7 Å². The van der Waals surface area contributed by atoms with Gasteiger partial charge in [0.25, 0.3) is 0 Å². The van der Waals surface area contributed by atoms with Gasteiger partial charge in [-0.15, -0.1) is 0 Å². The number of benzene rings is 1. The molecule has 0 bridgehead atoms. The van der Waals surface area contributed by atoms with E-state index in [0.29, 0.717) is 6.54 Å². The number of aromatic nitrogens is 1. The molecule has 2 aliphatic rings. The number of likely N-dealkylation sites (tertiary alicyclic amines) is 1. The van der Waals surface area contributed by atoms with Crippen LogP contribution in [0.25, 0.3) is 0 Å². The van der Waals surface area contributed by atoms with Gasteiger partial charge in [-0.3, -0.25) is 9.59 Å². The van der Waals surface area contributed by atoms with E-state index < -0.39 is 12.0 Å². The van der Waals surface area contributed by atoms with Crippen molar-refractivity contribution >= 4 is 33.6 Å². The first-order valence-electron chi connectivity index (χ1n) is 12.2. The van der Waals surface area contributed by atoms with Crippen molar-refractivity contribution in [1.29, 1.82) is 0 Å². The number of fused-ring (bicyclic) bond motifs is 1. The number of piperidine rings is 1. The summed E-state index contributed by atoms with van der Waals surface area (Å²) in [5, 5.41) is 15.8. The summed E-state index contributed by atoms with van der Waals surface area (Å²) in [6.07, 6.45) is 5.85. The first-order chi connectivity index (χ1) is 16.5. The van der Waals surface area contributed by atoms with Crippen molar-refractivity contribution in [2.24, 2.45) is 5.92 Å². The lowest BCUT2D eigenvalue weighted by Crippen LogP contribution is -2.44. The van der Waals surface area contributed by atoms with E-state index in [9.17, 15) is 14.7 Å². The van der Waals surface area contributed by atoms with Gasteiger partial charge in [-0.25, -0.2) is 4.98 Å². The number of carboxylic acid groups (broad SMARTS) is 1. The van der Waals surface area contributed by atoms with Crippen LogP contribution < -0.4 is 10.6 Å². The maximum atomic E-state index is 13.1. The zero-order chi connectivity index (χ0) is 23.9. The predicted octanol–water partition coefficient (Wildman–Crippen LogP) is 4.18. The third-order valence-corrected chi connectivity index (χ3v) is 7.17. The van der Waals surface area contributed by atoms with Crippen molar-refractivity contribution in [3.05, 3.63) is 57.7 Å². The van der Waals surface area contributed by atoms with Gasteiger partial charge in [0, 0.05) is 23.3 Å². The normalized spacial score (nSPS) is 19.0. The van der Waals surface area contributed by atoms with Crippen molar-refractivity contribution in [2.75, 3.05) is 31.5 Å². The molecule has 0 aliphatic carbocycles. The van der Waals surface area contributed by atoms with E-state index in [1.165, 1.54) is 5.56 Å². The Hall–Kier alpha value is -2.45. The number of anilines is 1. The monoisotopic (exact) mass is 528 g/mol. The molecule has 3 heterocycles. The van der Waals surface area contributed by atoms with Gasteiger partial charge in [-0.05, 0) is 80.9 Å². The Bertz CT molecular complexity index is 1020. The molecule has 2 aliphatic heterocycles. The number of nitrogens with zero attached hydrogens (tertiary/aromatic N) is 2. The second-order valence-corrected chi connectivity index (χ2v) is 10.2. The minimum atomic E-state index is -0.929. The number of carbonyl (C=O) groups excluding carboxylic acids is 1. The first kappa shape index (κ1) is 24.7. The minimum Gasteiger partial charge on any atom is -0.481 e. The predicted molar refractivity (Wildman–Crippen MR) is 136 cm³/mol. The van der Waals surface area contributed by atoms with Crippen molar-refractivity contribution < 1.29 is 14.7 Å². The second-order valence-electron chi connectivity index (χ2n) is 9.30. The zero-order valence-electron chi connectivity index (χ0n) is 19.4. The number of aryl methyl sites for hydroxylation is 2. The van der Waals surface area contributed by atoms with E-state index >= 15 is 0 Å². The lowest BCUT2D eigenvalue weighted by molar-refractivity contribution is -0.138. The molecule has 1 saturated heterocycles. The first-order valence-corrected chi connectivity index (χ1v) is 13.0. The van der Waals surface area contributed by atoms with E-state index in [1.807, 2.05) is 24.3 Å². The average molecular weight is 529 g/mol. The number of amides is 1. The molecule has 1 amide bonds. The molecule has 1 fully saturated rings. The van der Waals surface area contributed by atoms with E-state index in [4.69, 9.17) is 4.98 Å². The molecule has 0 radical (unpaired) electrons. The second kappa shape index (κ2) is 11.8. The van der Waals surface area contributed by atoms with Gasteiger partial charge in [-0.1, -0.05) is 34.1 Å². The highest BCUT2D eigenvalue weighted by Gasteiger charge is 2.28. The summed E-state index contributed by atoms with van der Waals surface area (Å²) >= 11 is 3.43. The van der Waals surface area contributed by atoms with Crippen LogP contribution in [0.15, 0.2) is 40.9 Å². The number of carboxylic acids is 1. The Morgan fingerprint density at radius 1 is 1.26 bits per heavy atom. The standard InChI is InChI=1S/C26H33BrN4O3/c27-21-8-1-5-19(15-21)23(16-24(32)33)30-26(34)20-7-3-13-31(17-20)14-4-9-22-11-10-18-6-2-12-28-25(18)29-22/h1,5,8,10-11,15,20,23H,2-4,6-7,9,12-14,16-17H2,(H,28,29)(H,30,34)(H,32,33)/t20-,23+/m1/s1. The molecular formula is C26H33BrN4O3. The summed E-state index contributed by atoms with van der Waals surface area (Å²) in [5.74, 6) is -0.0667. The maximum absolute atomic E-state index is 13.1. The molecule has 1 aromatic carbocycles. The Balaban J connectivity index is 1.29. The van der Waals surface area contributed by atoms with E-state index in [-0.39, 0.29) is 18.2 Å². The number of hydrogen-bond donors (Lipinski definition) is 3. The molecule has 1 aromatic heterocycles. The topological polar surface area (TPSA) is 94.6 Å². The zero-order valence-corrected chi connectivity index (χ0v) is 21.0. The number of carbonyl (C=O) groups is 2. The molecule has 182 valence electrons. The van der Waals surface area contributed by atoms with Crippen LogP contribution in [-0.4, -0.2) is 53.0 Å². The molecule has 2 atom stereocenters. The maximum Gasteiger partial charge on any atom is 0.305 e. The minimum absolute atomic E-state index is 0.0571. The fourth-order valence-corrected chi connectivity index (χ4v) is 5.32. The molecule has 2 aromatic rings. The molecular weight excluding hydrogens is 496 g/mol. The molecule has 4 rings (SSSR count). The Kier molecular flexibility index (Phi) is 8.56. The molecule has 0 saturated carbocycles.